The van der Waals surface area contributed by atoms with Gasteiger partial charge in [0.1, 0.15) is 0 Å². The van der Waals surface area contributed by atoms with Crippen LogP contribution in [-0.4, -0.2) is 47.9 Å². The number of hydrogen-bond acceptors (Lipinski definition) is 2. The van der Waals surface area contributed by atoms with Crippen LogP contribution < -0.4 is 0 Å². The fourth-order valence-electron chi connectivity index (χ4n) is 4.73. The first-order chi connectivity index (χ1) is 13.4. The Bertz CT molecular complexity index is 895. The largest absolute Gasteiger partial charge is 0.333 e. The number of fused-ring (bicyclic) bond motifs is 3. The molecule has 1 aliphatic carbocycles. The van der Waals surface area contributed by atoms with Crippen molar-refractivity contribution < 1.29 is 13.0 Å². The number of benzene rings is 1. The third-order valence-corrected chi connectivity index (χ3v) is 6.05. The fourth-order valence-corrected chi connectivity index (χ4v) is 4.73. The van der Waals surface area contributed by atoms with E-state index in [1.807, 2.05) is 0 Å². The predicted molar refractivity (Wildman–Crippen MR) is 90.7 cm³/mol. The number of hydrogen-bond donors (Lipinski definition) is 0. The first kappa shape index (κ1) is 9.22. The summed E-state index contributed by atoms with van der Waals surface area (Å²) < 4.78 is 52.3. The van der Waals surface area contributed by atoms with E-state index in [4.69, 9.17) is 6.85 Å². The lowest BCUT2D eigenvalue weighted by atomic mass is 9.71. The average Bonchev–Trinajstić information content (AvgIpc) is 2.70. The van der Waals surface area contributed by atoms with Crippen LogP contribution >= 0.6 is 0 Å². The number of rotatable bonds is 1. The van der Waals surface area contributed by atoms with Crippen LogP contribution in [0.1, 0.15) is 61.7 Å². The van der Waals surface area contributed by atoms with E-state index in [1.165, 1.54) is 13.0 Å². The van der Waals surface area contributed by atoms with Crippen molar-refractivity contribution in [2.24, 2.45) is 11.8 Å². The molecule has 122 valence electrons. The Kier molecular flexibility index (Phi) is 2.03. The van der Waals surface area contributed by atoms with Crippen LogP contribution in [0.25, 0.3) is 0 Å². The second-order valence-electron chi connectivity index (χ2n) is 7.22. The number of piperidine rings is 3. The van der Waals surface area contributed by atoms with E-state index in [2.05, 4.69) is 4.90 Å². The van der Waals surface area contributed by atoms with E-state index in [9.17, 15) is 6.17 Å². The Hall–Kier alpha value is -1.35. The van der Waals surface area contributed by atoms with E-state index in [1.54, 1.807) is 17.0 Å². The minimum absolute atomic E-state index is 0.0376. The van der Waals surface area contributed by atoms with Crippen LogP contribution in [0.2, 0.25) is 0 Å². The SMILES string of the molecule is [2H]C1([2H])c2cccc3c2[C@@]([2H])(CN([C@@H]2CN4CCC2CC4)C3=O)C([2H])(C)C1([2H])[2H]. The van der Waals surface area contributed by atoms with Gasteiger partial charge in [-0.25, -0.2) is 0 Å². The highest BCUT2D eigenvalue weighted by atomic mass is 16.2. The van der Waals surface area contributed by atoms with Crippen molar-refractivity contribution in [2.45, 2.75) is 44.4 Å². The zero-order chi connectivity index (χ0) is 21.0. The minimum Gasteiger partial charge on any atom is -0.333 e. The molecule has 1 aromatic carbocycles. The van der Waals surface area contributed by atoms with Gasteiger partial charge >= 0.3 is 0 Å². The quantitative estimate of drug-likeness (QED) is 0.795. The van der Waals surface area contributed by atoms with Gasteiger partial charge in [-0.3, -0.25) is 4.79 Å². The van der Waals surface area contributed by atoms with Crippen molar-refractivity contribution in [1.82, 2.24) is 9.80 Å². The Labute approximate surface area is 147 Å². The topological polar surface area (TPSA) is 23.6 Å². The summed E-state index contributed by atoms with van der Waals surface area (Å²) in [4.78, 5) is 17.5. The van der Waals surface area contributed by atoms with E-state index in [0.29, 0.717) is 5.92 Å². The molecule has 3 fully saturated rings. The maximum atomic E-state index is 13.5. The van der Waals surface area contributed by atoms with Crippen LogP contribution in [0, 0.1) is 11.8 Å². The molecular formula is C20H26N2O. The normalized spacial score (nSPS) is 53.2. The molecule has 3 nitrogen and oxygen atoms in total. The Morgan fingerprint density at radius 1 is 1.26 bits per heavy atom. The third-order valence-electron chi connectivity index (χ3n) is 6.05. The molecule has 3 saturated heterocycles. The molecular weight excluding hydrogens is 284 g/mol. The molecule has 0 spiro atoms. The molecule has 3 atom stereocenters. The molecule has 0 radical (unpaired) electrons. The maximum Gasteiger partial charge on any atom is 0.254 e. The van der Waals surface area contributed by atoms with Gasteiger partial charge in [-0.2, -0.15) is 0 Å². The summed E-state index contributed by atoms with van der Waals surface area (Å²) in [6.45, 7) is 4.05. The van der Waals surface area contributed by atoms with E-state index >= 15 is 0 Å². The number of amides is 1. The first-order valence-electron chi connectivity index (χ1n) is 11.6. The van der Waals surface area contributed by atoms with Gasteiger partial charge < -0.3 is 9.80 Å². The van der Waals surface area contributed by atoms with Gasteiger partial charge in [0.15, 0.2) is 0 Å². The lowest BCUT2D eigenvalue weighted by Crippen LogP contribution is -2.60. The van der Waals surface area contributed by atoms with Gasteiger partial charge in [0.05, 0.1) is 0 Å². The molecule has 6 rings (SSSR count). The molecule has 1 amide bonds. The summed E-state index contributed by atoms with van der Waals surface area (Å²) in [6, 6.07) is 4.63. The lowest BCUT2D eigenvalue weighted by molar-refractivity contribution is 0.000704. The second-order valence-corrected chi connectivity index (χ2v) is 7.22. The summed E-state index contributed by atoms with van der Waals surface area (Å²) in [5, 5.41) is 0. The summed E-state index contributed by atoms with van der Waals surface area (Å²) in [5.74, 6) is -3.66. The molecule has 2 bridgehead atoms. The van der Waals surface area contributed by atoms with Crippen LogP contribution in [0.4, 0.5) is 0 Å². The van der Waals surface area contributed by atoms with Gasteiger partial charge in [-0.1, -0.05) is 19.1 Å². The molecule has 0 saturated carbocycles. The molecule has 1 aromatic rings. The van der Waals surface area contributed by atoms with Gasteiger partial charge in [0.25, 0.3) is 5.91 Å². The van der Waals surface area contributed by atoms with Crippen molar-refractivity contribution in [3.63, 3.8) is 0 Å². The number of aryl methyl sites for hydroxylation is 1. The van der Waals surface area contributed by atoms with Gasteiger partial charge in [-0.15, -0.1) is 0 Å². The molecule has 1 unspecified atom stereocenters. The van der Waals surface area contributed by atoms with Crippen molar-refractivity contribution >= 4 is 5.91 Å². The summed E-state index contributed by atoms with van der Waals surface area (Å²) in [5.41, 5.74) is 0.514. The maximum absolute atomic E-state index is 13.5. The summed E-state index contributed by atoms with van der Waals surface area (Å²) in [7, 11) is 0. The standard InChI is InChI=1S/C20H26N2O/c1-13-5-6-15-3-2-4-16-19(15)17(13)11-22(20(16)23)18-12-21-9-7-14(18)8-10-21/h2-4,13-14,17-18H,5-12H2,1H3/t13?,17-,18+/m0/s1/i5D2,6D2,13D,17D. The van der Waals surface area contributed by atoms with E-state index in [0.717, 1.165) is 32.5 Å². The summed E-state index contributed by atoms with van der Waals surface area (Å²) >= 11 is 0. The smallest absolute Gasteiger partial charge is 0.254 e. The molecule has 5 aliphatic rings. The van der Waals surface area contributed by atoms with Crippen molar-refractivity contribution in [3.05, 3.63) is 34.9 Å². The molecule has 4 heterocycles. The fraction of sp³-hybridized carbons (Fsp3) is 0.650. The van der Waals surface area contributed by atoms with Crippen LogP contribution in [0.3, 0.4) is 0 Å². The zero-order valence-corrected chi connectivity index (χ0v) is 13.4. The van der Waals surface area contributed by atoms with Gasteiger partial charge in [0, 0.05) is 38.8 Å². The van der Waals surface area contributed by atoms with E-state index in [-0.39, 0.29) is 35.2 Å². The summed E-state index contributed by atoms with van der Waals surface area (Å²) in [6.07, 6.45) is -3.03. The van der Waals surface area contributed by atoms with Crippen LogP contribution in [0.15, 0.2) is 18.2 Å². The third kappa shape index (κ3) is 2.02. The highest BCUT2D eigenvalue weighted by Gasteiger charge is 2.44. The molecule has 23 heavy (non-hydrogen) atoms. The number of carbonyl (C=O) groups excluding carboxylic acids is 1. The van der Waals surface area contributed by atoms with Crippen molar-refractivity contribution in [1.29, 1.82) is 0 Å². The zero-order valence-electron chi connectivity index (χ0n) is 19.4. The lowest BCUT2D eigenvalue weighted by Gasteiger charge is -2.52. The Balaban J connectivity index is 1.71. The van der Waals surface area contributed by atoms with Crippen molar-refractivity contribution in [2.75, 3.05) is 26.2 Å². The Morgan fingerprint density at radius 2 is 2.09 bits per heavy atom. The average molecular weight is 316 g/mol. The first-order valence-corrected chi connectivity index (χ1v) is 8.61. The highest BCUT2D eigenvalue weighted by molar-refractivity contribution is 5.98. The monoisotopic (exact) mass is 316 g/mol. The highest BCUT2D eigenvalue weighted by Crippen LogP contribution is 2.44. The molecule has 4 aliphatic heterocycles. The van der Waals surface area contributed by atoms with Gasteiger partial charge in [-0.05, 0) is 67.7 Å². The van der Waals surface area contributed by atoms with Crippen LogP contribution in [-0.2, 0) is 6.37 Å². The molecule has 0 aromatic heterocycles. The molecule has 3 heteroatoms. The molecule has 0 N–H and O–H groups in total. The Morgan fingerprint density at radius 3 is 2.83 bits per heavy atom. The van der Waals surface area contributed by atoms with E-state index < -0.39 is 24.5 Å². The number of nitrogens with zero attached hydrogens (tertiary/aromatic N) is 2. The number of carbonyl (C=O) groups is 1. The second kappa shape index (κ2) is 5.07. The van der Waals surface area contributed by atoms with Crippen molar-refractivity contribution in [3.8, 4) is 0 Å². The van der Waals surface area contributed by atoms with Crippen LogP contribution in [0.5, 0.6) is 0 Å². The minimum atomic E-state index is -2.59. The van der Waals surface area contributed by atoms with Gasteiger partial charge in [0.2, 0.25) is 0 Å². The predicted octanol–water partition coefficient (Wildman–Crippen LogP) is 2.90.